The van der Waals surface area contributed by atoms with E-state index in [-0.39, 0.29) is 19.6 Å². The van der Waals surface area contributed by atoms with Crippen LogP contribution in [0.1, 0.15) is 6.42 Å². The Morgan fingerprint density at radius 3 is 2.62 bits per heavy atom. The molecule has 0 aliphatic rings. The number of aliphatic hydroxyl groups is 1. The quantitative estimate of drug-likeness (QED) is 0.328. The third kappa shape index (κ3) is 7.21. The zero-order valence-corrected chi connectivity index (χ0v) is 9.60. The molecule has 0 heterocycles. The molecule has 16 heavy (non-hydrogen) atoms. The van der Waals surface area contributed by atoms with Gasteiger partial charge in [-0.25, -0.2) is 17.5 Å². The summed E-state index contributed by atoms with van der Waals surface area (Å²) in [7, 11) is -2.78. The van der Waals surface area contributed by atoms with Gasteiger partial charge in [-0.1, -0.05) is 6.08 Å². The summed E-state index contributed by atoms with van der Waals surface area (Å²) in [6.07, 6.45) is -0.284. The summed E-state index contributed by atoms with van der Waals surface area (Å²) in [5.74, 6) is 0. The van der Waals surface area contributed by atoms with Gasteiger partial charge in [0.15, 0.2) is 0 Å². The lowest BCUT2D eigenvalue weighted by Gasteiger charge is -2.18. The Morgan fingerprint density at radius 1 is 1.56 bits per heavy atom. The fraction of sp³-hybridized carbons (Fsp3) is 0.625. The molecule has 0 aromatic heterocycles. The van der Waals surface area contributed by atoms with Crippen molar-refractivity contribution in [2.75, 3.05) is 19.6 Å². The Bertz CT molecular complexity index is 297. The van der Waals surface area contributed by atoms with Crippen molar-refractivity contribution in [2.24, 2.45) is 0 Å². The van der Waals surface area contributed by atoms with Crippen LogP contribution in [0.3, 0.4) is 0 Å². The van der Waals surface area contributed by atoms with Crippen molar-refractivity contribution in [3.63, 3.8) is 0 Å². The third-order valence-corrected chi connectivity index (χ3v) is 2.56. The maximum Gasteiger partial charge on any atom is 0.404 e. The molecule has 3 N–H and O–H groups in total. The minimum absolute atomic E-state index is 0.132. The molecule has 0 saturated carbocycles. The highest BCUT2D eigenvalue weighted by Crippen LogP contribution is 1.95. The second-order valence-corrected chi connectivity index (χ2v) is 4.11. The van der Waals surface area contributed by atoms with Crippen LogP contribution in [0.15, 0.2) is 12.7 Å². The molecule has 1 atom stereocenters. The van der Waals surface area contributed by atoms with E-state index >= 15 is 0 Å². The molecule has 0 rings (SSSR count). The summed E-state index contributed by atoms with van der Waals surface area (Å²) in [4.78, 5) is 10.1. The van der Waals surface area contributed by atoms with Gasteiger partial charge in [-0.05, 0) is 6.42 Å². The van der Waals surface area contributed by atoms with E-state index in [1.165, 1.54) is 0 Å². The molecule has 0 aromatic rings. The molecule has 1 unspecified atom stereocenters. The second-order valence-electron chi connectivity index (χ2n) is 3.07. The maximum absolute atomic E-state index is 10.8. The van der Waals surface area contributed by atoms with Crippen LogP contribution < -0.4 is 5.32 Å². The first-order valence-electron chi connectivity index (χ1n) is 4.62. The Balaban J connectivity index is 4.06. The lowest BCUT2D eigenvalue weighted by atomic mass is 10.3. The number of carboxylic acid groups (broad SMARTS) is 1. The lowest BCUT2D eigenvalue weighted by molar-refractivity contribution is 0.138. The summed E-state index contributed by atoms with van der Waals surface area (Å²) >= 11 is 0. The average Bonchev–Trinajstić information content (AvgIpc) is 2.20. The molecule has 0 saturated heterocycles. The predicted octanol–water partition coefficient (Wildman–Crippen LogP) is -0.981. The van der Waals surface area contributed by atoms with Crippen molar-refractivity contribution < 1.29 is 23.4 Å². The normalized spacial score (nSPS) is 12.7. The first-order valence-corrected chi connectivity index (χ1v) is 5.75. The number of nitrogens with one attached hydrogen (secondary N) is 1. The van der Waals surface area contributed by atoms with Gasteiger partial charge in [0.1, 0.15) is 0 Å². The summed E-state index contributed by atoms with van der Waals surface area (Å²) in [6.45, 7) is 3.35. The molecule has 0 aromatic carbocycles. The van der Waals surface area contributed by atoms with Crippen molar-refractivity contribution in [2.45, 2.75) is 12.5 Å². The van der Waals surface area contributed by atoms with Gasteiger partial charge in [-0.3, -0.25) is 0 Å². The molecule has 1 amide bonds. The Kier molecular flexibility index (Phi) is 7.52. The van der Waals surface area contributed by atoms with E-state index in [0.717, 1.165) is 4.31 Å². The molecule has 0 bridgehead atoms. The van der Waals surface area contributed by atoms with Crippen LogP contribution in [0.2, 0.25) is 0 Å². The van der Waals surface area contributed by atoms with Gasteiger partial charge in [0.2, 0.25) is 10.9 Å². The summed E-state index contributed by atoms with van der Waals surface area (Å²) in [6, 6.07) is 0. The van der Waals surface area contributed by atoms with Gasteiger partial charge in [0.05, 0.1) is 6.10 Å². The highest BCUT2D eigenvalue weighted by molar-refractivity contribution is 7.69. The third-order valence-electron chi connectivity index (χ3n) is 1.73. The lowest BCUT2D eigenvalue weighted by Crippen LogP contribution is -2.39. The number of amides is 1. The number of carbonyl (C=O) groups is 1. The van der Waals surface area contributed by atoms with Gasteiger partial charge in [0.25, 0.3) is 0 Å². The summed E-state index contributed by atoms with van der Waals surface area (Å²) in [5, 5.41) is 19.6. The number of thiol groups is 1. The van der Waals surface area contributed by atoms with Crippen molar-refractivity contribution in [1.82, 2.24) is 9.62 Å². The first kappa shape index (κ1) is 14.9. The second kappa shape index (κ2) is 8.08. The Morgan fingerprint density at radius 2 is 2.19 bits per heavy atom. The fourth-order valence-corrected chi connectivity index (χ4v) is 1.59. The van der Waals surface area contributed by atoms with Crippen LogP contribution in [0, 0.1) is 0 Å². The van der Waals surface area contributed by atoms with Gasteiger partial charge in [-0.15, -0.1) is 6.58 Å². The summed E-state index contributed by atoms with van der Waals surface area (Å²) in [5.41, 5.74) is 0. The molecule has 7 nitrogen and oxygen atoms in total. The number of hydrogen-bond acceptors (Lipinski definition) is 4. The van der Waals surface area contributed by atoms with E-state index in [0.29, 0.717) is 6.42 Å². The first-order chi connectivity index (χ1) is 7.47. The van der Waals surface area contributed by atoms with Gasteiger partial charge < -0.3 is 15.5 Å². The molecule has 8 heteroatoms. The van der Waals surface area contributed by atoms with E-state index in [1.54, 1.807) is 6.08 Å². The smallest absolute Gasteiger partial charge is 0.404 e. The molecule has 0 radical (unpaired) electrons. The maximum atomic E-state index is 10.8. The van der Waals surface area contributed by atoms with Crippen LogP contribution in [-0.2, 0) is 10.9 Å². The molecule has 0 aliphatic carbocycles. The van der Waals surface area contributed by atoms with E-state index < -0.39 is 23.1 Å². The van der Waals surface area contributed by atoms with Crippen LogP contribution in [0.4, 0.5) is 4.79 Å². The van der Waals surface area contributed by atoms with Gasteiger partial charge in [0, 0.05) is 19.6 Å². The van der Waals surface area contributed by atoms with Crippen molar-refractivity contribution >= 4 is 17.0 Å². The largest absolute Gasteiger partial charge is 0.465 e. The monoisotopic (exact) mass is 252 g/mol. The van der Waals surface area contributed by atoms with Crippen molar-refractivity contribution in [1.29, 1.82) is 0 Å². The number of rotatable bonds is 8. The standard InChI is InChI=1S/C8H16N2O5S/c1-2-3-4-10(16(14)15)6-7(11)5-9-8(12)13/h2,7,9,11,16H,1,3-6H2,(H,12,13). The van der Waals surface area contributed by atoms with E-state index in [2.05, 4.69) is 6.58 Å². The van der Waals surface area contributed by atoms with Crippen LogP contribution in [-0.4, -0.2) is 54.8 Å². The summed E-state index contributed by atoms with van der Waals surface area (Å²) < 4.78 is 22.6. The van der Waals surface area contributed by atoms with Crippen LogP contribution >= 0.6 is 0 Å². The fourth-order valence-electron chi connectivity index (χ4n) is 0.993. The van der Waals surface area contributed by atoms with Crippen LogP contribution in [0.5, 0.6) is 0 Å². The SMILES string of the molecule is C=CCCN(CC(O)CNC(=O)O)[SH](=O)=O. The van der Waals surface area contributed by atoms with Gasteiger partial charge >= 0.3 is 6.09 Å². The van der Waals surface area contributed by atoms with E-state index in [4.69, 9.17) is 5.11 Å². The Labute approximate surface area is 95.5 Å². The zero-order chi connectivity index (χ0) is 12.6. The molecule has 0 fully saturated rings. The number of nitrogens with zero attached hydrogens (tertiary/aromatic N) is 1. The molecule has 0 aliphatic heterocycles. The minimum atomic E-state index is -2.78. The van der Waals surface area contributed by atoms with E-state index in [9.17, 15) is 18.3 Å². The van der Waals surface area contributed by atoms with E-state index in [1.807, 2.05) is 5.32 Å². The number of hydrogen-bond donors (Lipinski definition) is 4. The Hall–Kier alpha value is -1.12. The zero-order valence-electron chi connectivity index (χ0n) is 8.70. The topological polar surface area (TPSA) is 107 Å². The molecule has 94 valence electrons. The van der Waals surface area contributed by atoms with Crippen molar-refractivity contribution in [3.8, 4) is 0 Å². The molecular weight excluding hydrogens is 236 g/mol. The number of aliphatic hydroxyl groups excluding tert-OH is 1. The highest BCUT2D eigenvalue weighted by Gasteiger charge is 2.13. The van der Waals surface area contributed by atoms with Crippen LogP contribution in [0.25, 0.3) is 0 Å². The molecular formula is C8H16N2O5S. The predicted molar refractivity (Wildman–Crippen MR) is 58.7 cm³/mol. The molecule has 0 spiro atoms. The average molecular weight is 252 g/mol. The van der Waals surface area contributed by atoms with Crippen molar-refractivity contribution in [3.05, 3.63) is 12.7 Å². The minimum Gasteiger partial charge on any atom is -0.465 e. The van der Waals surface area contributed by atoms with Gasteiger partial charge in [-0.2, -0.15) is 0 Å². The highest BCUT2D eigenvalue weighted by atomic mass is 32.2.